The maximum atomic E-state index is 10.6. The molecule has 134 valence electrons. The van der Waals surface area contributed by atoms with E-state index in [1.54, 1.807) is 4.68 Å². The molecule has 0 saturated carbocycles. The molecule has 4 rings (SSSR count). The second-order valence-electron chi connectivity index (χ2n) is 6.77. The lowest BCUT2D eigenvalue weighted by Gasteiger charge is -2.26. The molecule has 0 unspecified atom stereocenters. The molecule has 0 bridgehead atoms. The van der Waals surface area contributed by atoms with Gasteiger partial charge in [0, 0.05) is 6.04 Å². The summed E-state index contributed by atoms with van der Waals surface area (Å²) in [7, 11) is 0. The highest BCUT2D eigenvalue weighted by Gasteiger charge is 2.28. The first kappa shape index (κ1) is 16.9. The lowest BCUT2D eigenvalue weighted by atomic mass is 10.0. The topological polar surface area (TPSA) is 67.1 Å². The van der Waals surface area contributed by atoms with Crippen molar-refractivity contribution in [2.24, 2.45) is 0 Å². The Morgan fingerprint density at radius 3 is 2.54 bits per heavy atom. The van der Waals surface area contributed by atoms with Crippen molar-refractivity contribution < 1.29 is 5.11 Å². The molecule has 0 spiro atoms. The molecular weight excluding hydrogens is 326 g/mol. The van der Waals surface area contributed by atoms with Crippen LogP contribution in [0.2, 0.25) is 0 Å². The molecule has 1 aliphatic heterocycles. The van der Waals surface area contributed by atoms with Gasteiger partial charge in [-0.2, -0.15) is 4.68 Å². The molecule has 2 heterocycles. The fourth-order valence-corrected chi connectivity index (χ4v) is 3.69. The highest BCUT2D eigenvalue weighted by molar-refractivity contribution is 5.30. The van der Waals surface area contributed by atoms with Crippen LogP contribution in [-0.2, 0) is 6.54 Å². The van der Waals surface area contributed by atoms with Gasteiger partial charge in [-0.25, -0.2) is 0 Å². The fraction of sp³-hybridized carbons (Fsp3) is 0.350. The van der Waals surface area contributed by atoms with Gasteiger partial charge in [-0.1, -0.05) is 48.5 Å². The van der Waals surface area contributed by atoms with Gasteiger partial charge in [-0.05, 0) is 53.9 Å². The maximum Gasteiger partial charge on any atom is 0.170 e. The summed E-state index contributed by atoms with van der Waals surface area (Å²) in [5, 5.41) is 22.8. The predicted octanol–water partition coefficient (Wildman–Crippen LogP) is 2.75. The highest BCUT2D eigenvalue weighted by Crippen LogP contribution is 2.28. The van der Waals surface area contributed by atoms with E-state index in [0.29, 0.717) is 12.6 Å². The van der Waals surface area contributed by atoms with Crippen molar-refractivity contribution in [1.29, 1.82) is 0 Å². The van der Waals surface area contributed by atoms with E-state index in [9.17, 15) is 5.11 Å². The smallest absolute Gasteiger partial charge is 0.170 e. The summed E-state index contributed by atoms with van der Waals surface area (Å²) >= 11 is 0. The number of aliphatic hydroxyl groups is 1. The minimum Gasteiger partial charge on any atom is -0.388 e. The first-order chi connectivity index (χ1) is 12.8. The number of rotatable bonds is 6. The molecule has 0 amide bonds. The van der Waals surface area contributed by atoms with Gasteiger partial charge in [0.05, 0.1) is 18.3 Å². The number of hydrogen-bond donors (Lipinski definition) is 1. The lowest BCUT2D eigenvalue weighted by molar-refractivity contribution is 0.116. The van der Waals surface area contributed by atoms with Crippen LogP contribution in [0.25, 0.3) is 5.69 Å². The zero-order valence-electron chi connectivity index (χ0n) is 14.6. The van der Waals surface area contributed by atoms with Gasteiger partial charge in [0.15, 0.2) is 5.82 Å². The molecule has 26 heavy (non-hydrogen) atoms. The minimum atomic E-state index is -0.438. The van der Waals surface area contributed by atoms with Gasteiger partial charge in [-0.3, -0.25) is 4.90 Å². The van der Waals surface area contributed by atoms with Crippen LogP contribution >= 0.6 is 0 Å². The quantitative estimate of drug-likeness (QED) is 0.741. The number of aliphatic hydroxyl groups excluding tert-OH is 1. The van der Waals surface area contributed by atoms with Crippen molar-refractivity contribution in [1.82, 2.24) is 25.1 Å². The van der Waals surface area contributed by atoms with Crippen molar-refractivity contribution in [3.63, 3.8) is 0 Å². The normalized spacial score (nSPS) is 18.9. The molecule has 3 aromatic rings. The summed E-state index contributed by atoms with van der Waals surface area (Å²) in [5.41, 5.74) is 1.95. The van der Waals surface area contributed by atoms with E-state index >= 15 is 0 Å². The zero-order valence-corrected chi connectivity index (χ0v) is 14.6. The number of benzene rings is 2. The summed E-state index contributed by atoms with van der Waals surface area (Å²) in [6, 6.07) is 20.2. The molecule has 0 aliphatic carbocycles. The molecule has 1 aromatic heterocycles. The van der Waals surface area contributed by atoms with E-state index in [1.165, 1.54) is 0 Å². The van der Waals surface area contributed by atoms with Gasteiger partial charge in [0.25, 0.3) is 0 Å². The summed E-state index contributed by atoms with van der Waals surface area (Å²) < 4.78 is 1.79. The van der Waals surface area contributed by atoms with Gasteiger partial charge >= 0.3 is 0 Å². The monoisotopic (exact) mass is 349 g/mol. The Morgan fingerprint density at radius 1 is 1.04 bits per heavy atom. The Kier molecular flexibility index (Phi) is 5.04. The van der Waals surface area contributed by atoms with Crippen LogP contribution in [0.4, 0.5) is 0 Å². The predicted molar refractivity (Wildman–Crippen MR) is 98.6 cm³/mol. The third kappa shape index (κ3) is 3.66. The van der Waals surface area contributed by atoms with Crippen molar-refractivity contribution >= 4 is 0 Å². The van der Waals surface area contributed by atoms with Crippen LogP contribution in [0.3, 0.4) is 0 Å². The number of para-hydroxylation sites is 1. The van der Waals surface area contributed by atoms with Crippen LogP contribution in [0.5, 0.6) is 0 Å². The number of tetrazole rings is 1. The number of likely N-dealkylation sites (tertiary alicyclic amines) is 1. The molecule has 1 fully saturated rings. The SMILES string of the molecule is O[C@@H](C[C@H]1CCCN1Cc1nnnn1-c1ccccc1)c1ccccc1. The Hall–Kier alpha value is -2.57. The first-order valence-electron chi connectivity index (χ1n) is 9.11. The van der Waals surface area contributed by atoms with E-state index in [1.807, 2.05) is 60.7 Å². The van der Waals surface area contributed by atoms with Crippen LogP contribution in [0.15, 0.2) is 60.7 Å². The van der Waals surface area contributed by atoms with E-state index in [0.717, 1.165) is 42.9 Å². The minimum absolute atomic E-state index is 0.339. The number of aromatic nitrogens is 4. The Bertz CT molecular complexity index is 820. The number of hydrogen-bond acceptors (Lipinski definition) is 5. The van der Waals surface area contributed by atoms with Crippen molar-refractivity contribution in [2.45, 2.75) is 38.0 Å². The Labute approximate surface area is 153 Å². The van der Waals surface area contributed by atoms with Crippen molar-refractivity contribution in [3.8, 4) is 5.69 Å². The second-order valence-corrected chi connectivity index (χ2v) is 6.77. The van der Waals surface area contributed by atoms with Gasteiger partial charge in [0.1, 0.15) is 0 Å². The second kappa shape index (κ2) is 7.76. The largest absolute Gasteiger partial charge is 0.388 e. The third-order valence-corrected chi connectivity index (χ3v) is 5.06. The third-order valence-electron chi connectivity index (χ3n) is 5.06. The molecule has 2 aromatic carbocycles. The lowest BCUT2D eigenvalue weighted by Crippen LogP contribution is -2.31. The first-order valence-corrected chi connectivity index (χ1v) is 9.11. The summed E-state index contributed by atoms with van der Waals surface area (Å²) in [6.45, 7) is 1.70. The standard InChI is InChI=1S/C20H23N5O/c26-19(16-8-3-1-4-9-16)14-18-12-7-13-24(18)15-20-21-22-23-25(20)17-10-5-2-6-11-17/h1-6,8-11,18-19,26H,7,12-15H2/t18-,19+/m1/s1. The summed E-state index contributed by atoms with van der Waals surface area (Å²) in [5.74, 6) is 0.831. The van der Waals surface area contributed by atoms with Gasteiger partial charge in [0.2, 0.25) is 0 Å². The van der Waals surface area contributed by atoms with Crippen molar-refractivity contribution in [2.75, 3.05) is 6.54 Å². The molecule has 1 saturated heterocycles. The molecule has 6 heteroatoms. The molecule has 1 N–H and O–H groups in total. The van der Waals surface area contributed by atoms with E-state index < -0.39 is 6.10 Å². The van der Waals surface area contributed by atoms with Crippen LogP contribution in [0.1, 0.15) is 36.8 Å². The van der Waals surface area contributed by atoms with Crippen LogP contribution in [0, 0.1) is 0 Å². The zero-order chi connectivity index (χ0) is 17.8. The van der Waals surface area contributed by atoms with Crippen LogP contribution < -0.4 is 0 Å². The average Bonchev–Trinajstić information content (AvgIpc) is 3.33. The fourth-order valence-electron chi connectivity index (χ4n) is 3.69. The molecule has 2 atom stereocenters. The van der Waals surface area contributed by atoms with E-state index in [2.05, 4.69) is 20.4 Å². The average molecular weight is 349 g/mol. The Morgan fingerprint density at radius 2 is 1.77 bits per heavy atom. The highest BCUT2D eigenvalue weighted by atomic mass is 16.3. The van der Waals surface area contributed by atoms with Crippen molar-refractivity contribution in [3.05, 3.63) is 72.1 Å². The summed E-state index contributed by atoms with van der Waals surface area (Å²) in [4.78, 5) is 2.39. The molecule has 1 aliphatic rings. The van der Waals surface area contributed by atoms with Gasteiger partial charge in [-0.15, -0.1) is 5.10 Å². The molecular formula is C20H23N5O. The van der Waals surface area contributed by atoms with E-state index in [-0.39, 0.29) is 0 Å². The molecule has 0 radical (unpaired) electrons. The van der Waals surface area contributed by atoms with Crippen LogP contribution in [-0.4, -0.2) is 42.8 Å². The van der Waals surface area contributed by atoms with Gasteiger partial charge < -0.3 is 5.11 Å². The summed E-state index contributed by atoms with van der Waals surface area (Å²) in [6.07, 6.45) is 2.53. The molecule has 6 nitrogen and oxygen atoms in total. The maximum absolute atomic E-state index is 10.6. The number of nitrogens with zero attached hydrogens (tertiary/aromatic N) is 5. The Balaban J connectivity index is 1.46. The van der Waals surface area contributed by atoms with E-state index in [4.69, 9.17) is 0 Å².